The first-order chi connectivity index (χ1) is 12.2. The standard InChI is InChI=1S/C17H22F2N4O2S/c1-12-4-5-13(17(19)16(12)18)10-22-6-3-7-23-15(11-22)8-14(21-23)9-20-26(2,24)25/h4-5,8,20H,3,6-7,9-11H2,1-2H3. The van der Waals surface area contributed by atoms with E-state index in [1.165, 1.54) is 0 Å². The fourth-order valence-electron chi connectivity index (χ4n) is 3.06. The zero-order valence-corrected chi connectivity index (χ0v) is 15.6. The van der Waals surface area contributed by atoms with E-state index >= 15 is 0 Å². The molecule has 6 nitrogen and oxygen atoms in total. The van der Waals surface area contributed by atoms with Gasteiger partial charge in [-0.2, -0.15) is 5.10 Å². The predicted octanol–water partition coefficient (Wildman–Crippen LogP) is 1.92. The van der Waals surface area contributed by atoms with Crippen molar-refractivity contribution < 1.29 is 17.2 Å². The van der Waals surface area contributed by atoms with Gasteiger partial charge in [-0.3, -0.25) is 9.58 Å². The number of hydrogen-bond acceptors (Lipinski definition) is 4. The molecule has 1 N–H and O–H groups in total. The Balaban J connectivity index is 1.73. The van der Waals surface area contributed by atoms with Crippen molar-refractivity contribution in [1.29, 1.82) is 0 Å². The molecule has 0 saturated heterocycles. The van der Waals surface area contributed by atoms with Crippen LogP contribution in [0, 0.1) is 18.6 Å². The average molecular weight is 384 g/mol. The lowest BCUT2D eigenvalue weighted by Crippen LogP contribution is -2.23. The van der Waals surface area contributed by atoms with Crippen molar-refractivity contribution in [2.75, 3.05) is 12.8 Å². The Bertz CT molecular complexity index is 912. The fourth-order valence-corrected chi connectivity index (χ4v) is 3.47. The van der Waals surface area contributed by atoms with Crippen molar-refractivity contribution in [3.05, 3.63) is 52.3 Å². The molecule has 2 heterocycles. The van der Waals surface area contributed by atoms with Gasteiger partial charge in [-0.05, 0) is 25.0 Å². The van der Waals surface area contributed by atoms with E-state index in [-0.39, 0.29) is 6.54 Å². The molecule has 0 bridgehead atoms. The quantitative estimate of drug-likeness (QED) is 0.855. The van der Waals surface area contributed by atoms with E-state index in [2.05, 4.69) is 9.82 Å². The van der Waals surface area contributed by atoms with Crippen LogP contribution in [0.2, 0.25) is 0 Å². The maximum Gasteiger partial charge on any atom is 0.209 e. The van der Waals surface area contributed by atoms with Crippen LogP contribution in [-0.2, 0) is 36.2 Å². The molecule has 9 heteroatoms. The lowest BCUT2D eigenvalue weighted by molar-refractivity contribution is 0.256. The second kappa shape index (κ2) is 7.42. The summed E-state index contributed by atoms with van der Waals surface area (Å²) in [6.45, 7) is 3.98. The van der Waals surface area contributed by atoms with Crippen LogP contribution in [0.15, 0.2) is 18.2 Å². The Morgan fingerprint density at radius 1 is 1.23 bits per heavy atom. The van der Waals surface area contributed by atoms with E-state index in [4.69, 9.17) is 0 Å². The first kappa shape index (κ1) is 18.9. The zero-order chi connectivity index (χ0) is 18.9. The largest absolute Gasteiger partial charge is 0.293 e. The van der Waals surface area contributed by atoms with Gasteiger partial charge in [0, 0.05) is 31.7 Å². The molecular weight excluding hydrogens is 362 g/mol. The Labute approximate surface area is 151 Å². The van der Waals surface area contributed by atoms with Crippen molar-refractivity contribution in [2.45, 2.75) is 39.5 Å². The summed E-state index contributed by atoms with van der Waals surface area (Å²) in [4.78, 5) is 2.04. The van der Waals surface area contributed by atoms with Crippen molar-refractivity contribution >= 4 is 10.0 Å². The summed E-state index contributed by atoms with van der Waals surface area (Å²) in [7, 11) is -3.28. The molecule has 26 heavy (non-hydrogen) atoms. The van der Waals surface area contributed by atoms with Gasteiger partial charge in [0.2, 0.25) is 10.0 Å². The number of aromatic nitrogens is 2. The molecule has 1 aromatic heterocycles. The van der Waals surface area contributed by atoms with Crippen LogP contribution in [0.4, 0.5) is 8.78 Å². The highest BCUT2D eigenvalue weighted by Crippen LogP contribution is 2.20. The van der Waals surface area contributed by atoms with Crippen molar-refractivity contribution in [1.82, 2.24) is 19.4 Å². The first-order valence-corrected chi connectivity index (χ1v) is 10.3. The van der Waals surface area contributed by atoms with Gasteiger partial charge in [0.15, 0.2) is 11.6 Å². The van der Waals surface area contributed by atoms with Gasteiger partial charge >= 0.3 is 0 Å². The molecule has 0 spiro atoms. The summed E-state index contributed by atoms with van der Waals surface area (Å²) in [6, 6.07) is 5.06. The van der Waals surface area contributed by atoms with Crippen LogP contribution >= 0.6 is 0 Å². The van der Waals surface area contributed by atoms with Gasteiger partial charge in [-0.1, -0.05) is 12.1 Å². The Hall–Kier alpha value is -1.84. The highest BCUT2D eigenvalue weighted by Gasteiger charge is 2.19. The SMILES string of the molecule is Cc1ccc(CN2CCCn3nc(CNS(C)(=O)=O)cc3C2)c(F)c1F. The number of nitrogens with zero attached hydrogens (tertiary/aromatic N) is 3. The Morgan fingerprint density at radius 2 is 2.00 bits per heavy atom. The highest BCUT2D eigenvalue weighted by molar-refractivity contribution is 7.88. The second-order valence-electron chi connectivity index (χ2n) is 6.68. The number of aryl methyl sites for hydroxylation is 2. The molecule has 0 radical (unpaired) electrons. The summed E-state index contributed by atoms with van der Waals surface area (Å²) >= 11 is 0. The van der Waals surface area contributed by atoms with Crippen LogP contribution in [0.1, 0.15) is 28.9 Å². The summed E-state index contributed by atoms with van der Waals surface area (Å²) in [5.74, 6) is -1.59. The van der Waals surface area contributed by atoms with Gasteiger partial charge in [0.1, 0.15) is 0 Å². The number of nitrogens with one attached hydrogen (secondary N) is 1. The normalized spacial score (nSPS) is 15.7. The van der Waals surface area contributed by atoms with Crippen LogP contribution in [0.5, 0.6) is 0 Å². The van der Waals surface area contributed by atoms with Crippen LogP contribution in [0.3, 0.4) is 0 Å². The molecular formula is C17H22F2N4O2S. The minimum absolute atomic E-state index is 0.136. The maximum atomic E-state index is 14.1. The topological polar surface area (TPSA) is 67.2 Å². The first-order valence-electron chi connectivity index (χ1n) is 8.39. The molecule has 3 rings (SSSR count). The van der Waals surface area contributed by atoms with E-state index in [0.717, 1.165) is 24.9 Å². The number of sulfonamides is 1. The van der Waals surface area contributed by atoms with Gasteiger partial charge in [0.25, 0.3) is 0 Å². The molecule has 0 amide bonds. The maximum absolute atomic E-state index is 14.1. The third-order valence-electron chi connectivity index (χ3n) is 4.41. The van der Waals surface area contributed by atoms with E-state index < -0.39 is 21.7 Å². The molecule has 142 valence electrons. The highest BCUT2D eigenvalue weighted by atomic mass is 32.2. The molecule has 0 saturated carbocycles. The Kier molecular flexibility index (Phi) is 5.40. The molecule has 1 aromatic carbocycles. The monoisotopic (exact) mass is 384 g/mol. The smallest absolute Gasteiger partial charge is 0.209 e. The fraction of sp³-hybridized carbons (Fsp3) is 0.471. The number of benzene rings is 1. The molecule has 1 aliphatic rings. The van der Waals surface area contributed by atoms with Crippen LogP contribution < -0.4 is 4.72 Å². The third kappa shape index (κ3) is 4.46. The van der Waals surface area contributed by atoms with Gasteiger partial charge < -0.3 is 0 Å². The number of hydrogen-bond donors (Lipinski definition) is 1. The lowest BCUT2D eigenvalue weighted by Gasteiger charge is -2.20. The molecule has 0 unspecified atom stereocenters. The summed E-state index contributed by atoms with van der Waals surface area (Å²) in [5, 5.41) is 4.43. The summed E-state index contributed by atoms with van der Waals surface area (Å²) < 4.78 is 54.7. The molecule has 0 fully saturated rings. The third-order valence-corrected chi connectivity index (χ3v) is 5.08. The Morgan fingerprint density at radius 3 is 2.73 bits per heavy atom. The number of rotatable bonds is 5. The minimum Gasteiger partial charge on any atom is -0.293 e. The van der Waals surface area contributed by atoms with Crippen LogP contribution in [-0.4, -0.2) is 35.9 Å². The van der Waals surface area contributed by atoms with E-state index in [9.17, 15) is 17.2 Å². The zero-order valence-electron chi connectivity index (χ0n) is 14.8. The minimum atomic E-state index is -3.28. The van der Waals surface area contributed by atoms with Crippen molar-refractivity contribution in [3.63, 3.8) is 0 Å². The summed E-state index contributed by atoms with van der Waals surface area (Å²) in [5.41, 5.74) is 2.20. The van der Waals surface area contributed by atoms with Gasteiger partial charge in [-0.15, -0.1) is 0 Å². The van der Waals surface area contributed by atoms with Gasteiger partial charge in [-0.25, -0.2) is 21.9 Å². The molecule has 0 aliphatic carbocycles. The van der Waals surface area contributed by atoms with Crippen molar-refractivity contribution in [2.24, 2.45) is 0 Å². The van der Waals surface area contributed by atoms with Gasteiger partial charge in [0.05, 0.1) is 24.2 Å². The lowest BCUT2D eigenvalue weighted by atomic mass is 10.1. The van der Waals surface area contributed by atoms with E-state index in [1.807, 2.05) is 15.6 Å². The predicted molar refractivity (Wildman–Crippen MR) is 93.7 cm³/mol. The average Bonchev–Trinajstić information content (AvgIpc) is 2.85. The van der Waals surface area contributed by atoms with E-state index in [0.29, 0.717) is 36.5 Å². The van der Waals surface area contributed by atoms with Crippen molar-refractivity contribution in [3.8, 4) is 0 Å². The number of halogens is 2. The molecule has 2 aromatic rings. The van der Waals surface area contributed by atoms with E-state index in [1.54, 1.807) is 19.1 Å². The number of fused-ring (bicyclic) bond motifs is 1. The molecule has 1 aliphatic heterocycles. The van der Waals surface area contributed by atoms with Crippen LogP contribution in [0.25, 0.3) is 0 Å². The second-order valence-corrected chi connectivity index (χ2v) is 8.51. The molecule has 0 atom stereocenters. The summed E-state index contributed by atoms with van der Waals surface area (Å²) in [6.07, 6.45) is 1.93.